The summed E-state index contributed by atoms with van der Waals surface area (Å²) in [6, 6.07) is 5.07. The van der Waals surface area contributed by atoms with Crippen molar-refractivity contribution in [2.75, 3.05) is 0 Å². The average Bonchev–Trinajstić information content (AvgIpc) is 3.26. The van der Waals surface area contributed by atoms with Gasteiger partial charge in [-0.2, -0.15) is 0 Å². The average molecular weight is 431 g/mol. The Morgan fingerprint density at radius 1 is 0.621 bits per heavy atom. The van der Waals surface area contributed by atoms with E-state index in [1.165, 1.54) is 24.2 Å². The van der Waals surface area contributed by atoms with Crippen LogP contribution in [0.15, 0.2) is 46.8 Å². The summed E-state index contributed by atoms with van der Waals surface area (Å²) < 4.78 is 7.90. The van der Waals surface area contributed by atoms with Crippen LogP contribution in [0.1, 0.15) is 68.2 Å². The number of hydrogen-bond acceptors (Lipinski definition) is 1. The summed E-state index contributed by atoms with van der Waals surface area (Å²) in [6.45, 7) is 19.2. The molecule has 0 saturated carbocycles. The lowest BCUT2D eigenvalue weighted by atomic mass is 10.3. The monoisotopic (exact) mass is 430 g/mol. The lowest BCUT2D eigenvalue weighted by Crippen LogP contribution is -2.56. The third kappa shape index (κ3) is 6.67. The fourth-order valence-corrected chi connectivity index (χ4v) is 19.4. The van der Waals surface area contributed by atoms with E-state index in [0.717, 1.165) is 12.8 Å². The van der Waals surface area contributed by atoms with Gasteiger partial charge in [-0.25, -0.2) is 0 Å². The van der Waals surface area contributed by atoms with Crippen LogP contribution >= 0.6 is 0 Å². The molecule has 0 spiro atoms. The van der Waals surface area contributed by atoms with Crippen molar-refractivity contribution in [3.8, 4) is 0 Å². The molecule has 2 rings (SSSR count). The summed E-state index contributed by atoms with van der Waals surface area (Å²) in [5.74, 6) is 2.73. The van der Waals surface area contributed by atoms with Crippen molar-refractivity contribution < 1.29 is 4.12 Å². The largest absolute Gasteiger partial charge is 0.448 e. The predicted molar refractivity (Wildman–Crippen MR) is 135 cm³/mol. The third-order valence-corrected chi connectivity index (χ3v) is 18.2. The molecule has 0 aromatic carbocycles. The molecular formula is C26H46OSi2. The smallest absolute Gasteiger partial charge is 0.209 e. The minimum absolute atomic E-state index is 0.683. The molecule has 2 aliphatic carbocycles. The number of rotatable bonds is 12. The highest BCUT2D eigenvalue weighted by Crippen LogP contribution is 2.45. The summed E-state index contributed by atoms with van der Waals surface area (Å²) >= 11 is 0. The van der Waals surface area contributed by atoms with Crippen LogP contribution in [0.4, 0.5) is 0 Å². The second kappa shape index (κ2) is 10.6. The van der Waals surface area contributed by atoms with E-state index in [9.17, 15) is 0 Å². The molecular weight excluding hydrogens is 384 g/mol. The van der Waals surface area contributed by atoms with Crippen molar-refractivity contribution in [1.29, 1.82) is 0 Å². The van der Waals surface area contributed by atoms with Crippen molar-refractivity contribution in [2.24, 2.45) is 23.7 Å². The minimum Gasteiger partial charge on any atom is -0.448 e. The van der Waals surface area contributed by atoms with E-state index in [1.807, 2.05) is 0 Å². The van der Waals surface area contributed by atoms with Crippen LogP contribution in [-0.4, -0.2) is 16.6 Å². The fourth-order valence-electron chi connectivity index (χ4n) is 5.57. The van der Waals surface area contributed by atoms with Crippen LogP contribution < -0.4 is 0 Å². The highest BCUT2D eigenvalue weighted by Gasteiger charge is 2.50. The van der Waals surface area contributed by atoms with Gasteiger partial charge >= 0.3 is 0 Å². The van der Waals surface area contributed by atoms with Gasteiger partial charge < -0.3 is 4.12 Å². The number of allylic oxidation sites excluding steroid dienone is 8. The molecule has 2 aliphatic rings. The molecule has 0 aliphatic heterocycles. The van der Waals surface area contributed by atoms with Crippen LogP contribution in [0.2, 0.25) is 24.2 Å². The van der Waals surface area contributed by atoms with Gasteiger partial charge in [-0.15, -0.1) is 0 Å². The van der Waals surface area contributed by atoms with E-state index in [0.29, 0.717) is 23.7 Å². The Hall–Kier alpha value is -0.646. The van der Waals surface area contributed by atoms with Gasteiger partial charge in [0.15, 0.2) is 0 Å². The first-order chi connectivity index (χ1) is 13.6. The zero-order valence-corrected chi connectivity index (χ0v) is 22.4. The molecule has 0 saturated heterocycles. The lowest BCUT2D eigenvalue weighted by molar-refractivity contribution is 0.465. The Balaban J connectivity index is 2.57. The van der Waals surface area contributed by atoms with E-state index < -0.39 is 16.6 Å². The molecule has 0 N–H and O–H groups in total. The first-order valence-electron chi connectivity index (χ1n) is 12.0. The predicted octanol–water partition coefficient (Wildman–Crippen LogP) is 8.37. The number of hydrogen-bond donors (Lipinski definition) is 0. The topological polar surface area (TPSA) is 9.23 Å². The molecule has 29 heavy (non-hydrogen) atoms. The molecule has 3 heteroatoms. The minimum atomic E-state index is -2.03. The van der Waals surface area contributed by atoms with Gasteiger partial charge in [0.2, 0.25) is 16.6 Å². The summed E-state index contributed by atoms with van der Waals surface area (Å²) in [5, 5.41) is 3.33. The van der Waals surface area contributed by atoms with Crippen LogP contribution in [0, 0.1) is 23.7 Å². The van der Waals surface area contributed by atoms with Crippen LogP contribution in [-0.2, 0) is 4.12 Å². The van der Waals surface area contributed by atoms with E-state index in [1.54, 1.807) is 10.4 Å². The summed E-state index contributed by atoms with van der Waals surface area (Å²) in [7, 11) is -4.07. The van der Waals surface area contributed by atoms with E-state index in [-0.39, 0.29) is 0 Å². The molecule has 164 valence electrons. The molecule has 0 atom stereocenters. The summed E-state index contributed by atoms with van der Waals surface area (Å²) in [5.41, 5.74) is 0. The van der Waals surface area contributed by atoms with Crippen molar-refractivity contribution in [3.63, 3.8) is 0 Å². The Morgan fingerprint density at radius 3 is 1.14 bits per heavy atom. The highest BCUT2D eigenvalue weighted by molar-refractivity contribution is 6.94. The van der Waals surface area contributed by atoms with E-state index >= 15 is 0 Å². The van der Waals surface area contributed by atoms with Crippen LogP contribution in [0.3, 0.4) is 0 Å². The van der Waals surface area contributed by atoms with Crippen molar-refractivity contribution in [1.82, 2.24) is 0 Å². The zero-order chi connectivity index (χ0) is 21.7. The van der Waals surface area contributed by atoms with Gasteiger partial charge in [-0.1, -0.05) is 102 Å². The van der Waals surface area contributed by atoms with Gasteiger partial charge in [0.05, 0.1) is 0 Å². The Morgan fingerprint density at radius 2 is 0.931 bits per heavy atom. The third-order valence-electron chi connectivity index (χ3n) is 6.06. The second-order valence-electron chi connectivity index (χ2n) is 11.1. The molecule has 0 heterocycles. The van der Waals surface area contributed by atoms with E-state index in [4.69, 9.17) is 4.12 Å². The maximum atomic E-state index is 7.90. The van der Waals surface area contributed by atoms with Gasteiger partial charge in [-0.3, -0.25) is 0 Å². The summed E-state index contributed by atoms with van der Waals surface area (Å²) in [6.07, 6.45) is 16.4. The maximum absolute atomic E-state index is 7.90. The molecule has 0 aromatic rings. The Bertz CT molecular complexity index is 574. The molecule has 0 unspecified atom stereocenters. The first kappa shape index (κ1) is 24.6. The van der Waals surface area contributed by atoms with Crippen molar-refractivity contribution in [3.05, 3.63) is 46.8 Å². The lowest BCUT2D eigenvalue weighted by Gasteiger charge is -2.47. The van der Waals surface area contributed by atoms with E-state index in [2.05, 4.69) is 91.8 Å². The second-order valence-corrected chi connectivity index (χ2v) is 18.8. The Kier molecular flexibility index (Phi) is 8.99. The standard InChI is InChI=1S/C26H46OSi2/c1-21(2)17-28(18-22(3)4,25-13-9-10-14-25)27-29(19-23(5)6,20-24(7)8)26-15-11-12-16-26/h9-13,15,21-24H,14,16-20H2,1-8H3. The first-order valence-corrected chi connectivity index (χ1v) is 16.7. The quantitative estimate of drug-likeness (QED) is 0.282. The Labute approximate surface area is 183 Å². The van der Waals surface area contributed by atoms with Crippen molar-refractivity contribution in [2.45, 2.75) is 92.4 Å². The normalized spacial score (nSPS) is 17.4. The highest BCUT2D eigenvalue weighted by atomic mass is 28.4. The molecule has 0 aromatic heterocycles. The van der Waals surface area contributed by atoms with Gasteiger partial charge in [0.25, 0.3) is 0 Å². The van der Waals surface area contributed by atoms with Crippen LogP contribution in [0.5, 0.6) is 0 Å². The summed E-state index contributed by atoms with van der Waals surface area (Å²) in [4.78, 5) is 0. The molecule has 0 radical (unpaired) electrons. The van der Waals surface area contributed by atoms with Gasteiger partial charge in [0, 0.05) is 0 Å². The van der Waals surface area contributed by atoms with Gasteiger partial charge in [-0.05, 0) is 60.7 Å². The molecule has 0 bridgehead atoms. The van der Waals surface area contributed by atoms with Gasteiger partial charge in [0.1, 0.15) is 0 Å². The van der Waals surface area contributed by atoms with Crippen molar-refractivity contribution >= 4 is 16.6 Å². The van der Waals surface area contributed by atoms with Crippen LogP contribution in [0.25, 0.3) is 0 Å². The SMILES string of the molecule is CC(C)C[Si](CC(C)C)(O[Si](CC(C)C)(CC(C)C)C1=CC=CC1)C1=CC=CC1. The fraction of sp³-hybridized carbons (Fsp3) is 0.692. The molecule has 0 amide bonds. The molecule has 0 fully saturated rings. The zero-order valence-electron chi connectivity index (χ0n) is 20.4. The maximum Gasteiger partial charge on any atom is 0.209 e. The molecule has 1 nitrogen and oxygen atoms in total.